The highest BCUT2D eigenvalue weighted by Crippen LogP contribution is 2.29. The van der Waals surface area contributed by atoms with E-state index in [9.17, 15) is 13.2 Å². The minimum Gasteiger partial charge on any atom is -0.338 e. The molecule has 150 valence electrons. The lowest BCUT2D eigenvalue weighted by molar-refractivity contribution is 0.0533. The second-order valence-electron chi connectivity index (χ2n) is 8.60. The van der Waals surface area contributed by atoms with Gasteiger partial charge in [-0.25, -0.2) is 8.42 Å². The molecule has 2 atom stereocenters. The van der Waals surface area contributed by atoms with Crippen molar-refractivity contribution in [3.8, 4) is 0 Å². The van der Waals surface area contributed by atoms with Gasteiger partial charge in [-0.2, -0.15) is 4.31 Å². The number of sulfonamides is 1. The SMILES string of the molecule is CC1CCCCN1S(=O)(=O)c1ccc(C(=O)N2CCC(N)C(C)(C)C2)cc1. The van der Waals surface area contributed by atoms with Crippen LogP contribution in [0, 0.1) is 5.41 Å². The maximum atomic E-state index is 12.9. The fraction of sp³-hybridized carbons (Fsp3) is 0.650. The molecule has 1 aromatic carbocycles. The number of likely N-dealkylation sites (tertiary alicyclic amines) is 1. The summed E-state index contributed by atoms with van der Waals surface area (Å²) in [4.78, 5) is 14.9. The number of carbonyl (C=O) groups excluding carboxylic acids is 1. The van der Waals surface area contributed by atoms with Crippen molar-refractivity contribution < 1.29 is 13.2 Å². The number of benzene rings is 1. The highest BCUT2D eigenvalue weighted by atomic mass is 32.2. The largest absolute Gasteiger partial charge is 0.338 e. The van der Waals surface area contributed by atoms with Crippen LogP contribution in [0.5, 0.6) is 0 Å². The van der Waals surface area contributed by atoms with Gasteiger partial charge in [0.05, 0.1) is 4.90 Å². The topological polar surface area (TPSA) is 83.7 Å². The van der Waals surface area contributed by atoms with Crippen LogP contribution in [0.25, 0.3) is 0 Å². The van der Waals surface area contributed by atoms with Crippen molar-refractivity contribution in [2.24, 2.45) is 11.1 Å². The molecule has 27 heavy (non-hydrogen) atoms. The molecular formula is C20H31N3O3S. The first-order valence-corrected chi connectivity index (χ1v) is 11.2. The highest BCUT2D eigenvalue weighted by molar-refractivity contribution is 7.89. The van der Waals surface area contributed by atoms with Crippen molar-refractivity contribution in [3.63, 3.8) is 0 Å². The van der Waals surface area contributed by atoms with Gasteiger partial charge in [-0.1, -0.05) is 20.3 Å². The van der Waals surface area contributed by atoms with E-state index in [1.165, 1.54) is 0 Å². The Bertz CT molecular complexity index is 789. The summed E-state index contributed by atoms with van der Waals surface area (Å²) in [5.41, 5.74) is 6.55. The number of amides is 1. The fourth-order valence-electron chi connectivity index (χ4n) is 4.06. The number of hydrogen-bond donors (Lipinski definition) is 1. The molecule has 2 aliphatic heterocycles. The van der Waals surface area contributed by atoms with Gasteiger partial charge in [0.25, 0.3) is 5.91 Å². The molecule has 2 unspecified atom stereocenters. The zero-order valence-electron chi connectivity index (χ0n) is 16.5. The molecule has 2 heterocycles. The fourth-order valence-corrected chi connectivity index (χ4v) is 5.76. The monoisotopic (exact) mass is 393 g/mol. The van der Waals surface area contributed by atoms with Crippen molar-refractivity contribution in [3.05, 3.63) is 29.8 Å². The Morgan fingerprint density at radius 3 is 2.37 bits per heavy atom. The second-order valence-corrected chi connectivity index (χ2v) is 10.5. The third-order valence-corrected chi connectivity index (χ3v) is 8.08. The summed E-state index contributed by atoms with van der Waals surface area (Å²) in [6.07, 6.45) is 3.63. The molecule has 2 aliphatic rings. The summed E-state index contributed by atoms with van der Waals surface area (Å²) in [5.74, 6) is -0.0646. The molecule has 3 rings (SSSR count). The van der Waals surface area contributed by atoms with E-state index in [-0.39, 0.29) is 28.3 Å². The number of piperidine rings is 2. The van der Waals surface area contributed by atoms with Gasteiger partial charge in [-0.3, -0.25) is 4.79 Å². The molecule has 6 nitrogen and oxygen atoms in total. The van der Waals surface area contributed by atoms with Gasteiger partial charge in [0.15, 0.2) is 0 Å². The number of nitrogens with zero attached hydrogens (tertiary/aromatic N) is 2. The summed E-state index contributed by atoms with van der Waals surface area (Å²) in [5, 5.41) is 0. The van der Waals surface area contributed by atoms with E-state index < -0.39 is 10.0 Å². The summed E-state index contributed by atoms with van der Waals surface area (Å²) in [7, 11) is -3.51. The standard InChI is InChI=1S/C20H31N3O3S/c1-15-6-4-5-12-23(15)27(25,26)17-9-7-16(8-10-17)19(24)22-13-11-18(21)20(2,3)14-22/h7-10,15,18H,4-6,11-14,21H2,1-3H3. The van der Waals surface area contributed by atoms with Crippen LogP contribution in [0.1, 0.15) is 56.8 Å². The van der Waals surface area contributed by atoms with Crippen molar-refractivity contribution in [1.29, 1.82) is 0 Å². The number of rotatable bonds is 3. The minimum absolute atomic E-state index is 0.0184. The van der Waals surface area contributed by atoms with Crippen LogP contribution in [0.3, 0.4) is 0 Å². The smallest absolute Gasteiger partial charge is 0.253 e. The predicted molar refractivity (Wildman–Crippen MR) is 106 cm³/mol. The quantitative estimate of drug-likeness (QED) is 0.855. The van der Waals surface area contributed by atoms with Crippen LogP contribution in [0.15, 0.2) is 29.2 Å². The molecular weight excluding hydrogens is 362 g/mol. The van der Waals surface area contributed by atoms with Crippen molar-refractivity contribution in [1.82, 2.24) is 9.21 Å². The van der Waals surface area contributed by atoms with Crippen LogP contribution in [-0.4, -0.2) is 55.2 Å². The second kappa shape index (κ2) is 7.53. The molecule has 2 saturated heterocycles. The Morgan fingerprint density at radius 2 is 1.78 bits per heavy atom. The predicted octanol–water partition coefficient (Wildman–Crippen LogP) is 2.45. The molecule has 1 aromatic rings. The van der Waals surface area contributed by atoms with E-state index in [0.717, 1.165) is 25.7 Å². The van der Waals surface area contributed by atoms with Crippen LogP contribution in [0.4, 0.5) is 0 Å². The van der Waals surface area contributed by atoms with Crippen LogP contribution < -0.4 is 5.73 Å². The molecule has 0 aliphatic carbocycles. The Labute approximate surface area is 162 Å². The lowest BCUT2D eigenvalue weighted by Gasteiger charge is -2.42. The zero-order chi connectivity index (χ0) is 19.8. The van der Waals surface area contributed by atoms with Gasteiger partial charge in [-0.15, -0.1) is 0 Å². The van der Waals surface area contributed by atoms with E-state index >= 15 is 0 Å². The third-order valence-electron chi connectivity index (χ3n) is 6.05. The third kappa shape index (κ3) is 4.05. The maximum absolute atomic E-state index is 12.9. The van der Waals surface area contributed by atoms with E-state index in [1.807, 2.05) is 11.8 Å². The summed E-state index contributed by atoms with van der Waals surface area (Å²) in [6.45, 7) is 7.91. The normalized spacial score (nSPS) is 26.7. The van der Waals surface area contributed by atoms with E-state index in [4.69, 9.17) is 5.73 Å². The molecule has 0 radical (unpaired) electrons. The lowest BCUT2D eigenvalue weighted by atomic mass is 9.79. The average molecular weight is 394 g/mol. The minimum atomic E-state index is -3.51. The zero-order valence-corrected chi connectivity index (χ0v) is 17.3. The first-order valence-electron chi connectivity index (χ1n) is 9.80. The number of carbonyl (C=O) groups is 1. The van der Waals surface area contributed by atoms with Crippen molar-refractivity contribution in [2.75, 3.05) is 19.6 Å². The number of hydrogen-bond acceptors (Lipinski definition) is 4. The van der Waals surface area contributed by atoms with Gasteiger partial charge in [0, 0.05) is 37.3 Å². The van der Waals surface area contributed by atoms with Crippen molar-refractivity contribution >= 4 is 15.9 Å². The summed E-state index contributed by atoms with van der Waals surface area (Å²) >= 11 is 0. The Morgan fingerprint density at radius 1 is 1.11 bits per heavy atom. The molecule has 0 aromatic heterocycles. The van der Waals surface area contributed by atoms with Gasteiger partial charge in [-0.05, 0) is 55.9 Å². The highest BCUT2D eigenvalue weighted by Gasteiger charge is 2.36. The van der Waals surface area contributed by atoms with Crippen LogP contribution in [-0.2, 0) is 10.0 Å². The average Bonchev–Trinajstić information content (AvgIpc) is 2.63. The molecule has 7 heteroatoms. The molecule has 0 spiro atoms. The summed E-state index contributed by atoms with van der Waals surface area (Å²) < 4.78 is 27.4. The van der Waals surface area contributed by atoms with Gasteiger partial charge in [0.2, 0.25) is 10.0 Å². The first kappa shape index (κ1) is 20.3. The van der Waals surface area contributed by atoms with Crippen LogP contribution >= 0.6 is 0 Å². The van der Waals surface area contributed by atoms with Crippen molar-refractivity contribution in [2.45, 2.75) is 63.4 Å². The van der Waals surface area contributed by atoms with Gasteiger partial charge in [0.1, 0.15) is 0 Å². The van der Waals surface area contributed by atoms with E-state index in [2.05, 4.69) is 13.8 Å². The molecule has 1 amide bonds. The van der Waals surface area contributed by atoms with Crippen LogP contribution in [0.2, 0.25) is 0 Å². The maximum Gasteiger partial charge on any atom is 0.253 e. The molecule has 2 N–H and O–H groups in total. The first-order chi connectivity index (χ1) is 12.6. The van der Waals surface area contributed by atoms with Gasteiger partial charge < -0.3 is 10.6 Å². The summed E-state index contributed by atoms with van der Waals surface area (Å²) in [6, 6.07) is 6.48. The molecule has 2 fully saturated rings. The Kier molecular flexibility index (Phi) is 5.66. The lowest BCUT2D eigenvalue weighted by Crippen LogP contribution is -2.54. The molecule has 0 bridgehead atoms. The number of nitrogens with two attached hydrogens (primary N) is 1. The van der Waals surface area contributed by atoms with E-state index in [0.29, 0.717) is 25.2 Å². The molecule has 0 saturated carbocycles. The Hall–Kier alpha value is -1.44. The Balaban J connectivity index is 1.76. The van der Waals surface area contributed by atoms with E-state index in [1.54, 1.807) is 28.6 Å². The van der Waals surface area contributed by atoms with Gasteiger partial charge >= 0.3 is 0 Å².